The average molecular weight is 326 g/mol. The van der Waals surface area contributed by atoms with Gasteiger partial charge in [-0.2, -0.15) is 5.10 Å². The molecule has 120 valence electrons. The molecule has 1 aromatic rings. The van der Waals surface area contributed by atoms with Gasteiger partial charge in [0.2, 0.25) is 0 Å². The molecule has 1 heterocycles. The molecule has 0 saturated carbocycles. The first kappa shape index (κ1) is 16.3. The lowest BCUT2D eigenvalue weighted by Gasteiger charge is -2.21. The first-order valence-corrected chi connectivity index (χ1v) is 8.63. The Balaban J connectivity index is 2.36. The molecule has 22 heavy (non-hydrogen) atoms. The number of anilines is 1. The highest BCUT2D eigenvalue weighted by Gasteiger charge is 2.38. The Morgan fingerprint density at radius 1 is 1.36 bits per heavy atom. The molecule has 1 unspecified atom stereocenters. The number of esters is 1. The van der Waals surface area contributed by atoms with Crippen LogP contribution in [-0.4, -0.2) is 45.4 Å². The quantitative estimate of drug-likeness (QED) is 0.773. The van der Waals surface area contributed by atoms with Crippen LogP contribution in [0.25, 0.3) is 0 Å². The van der Waals surface area contributed by atoms with Gasteiger partial charge >= 0.3 is 5.97 Å². The number of sulfone groups is 1. The molecule has 8 heteroatoms. The van der Waals surface area contributed by atoms with Crippen LogP contribution in [0.3, 0.4) is 0 Å². The lowest BCUT2D eigenvalue weighted by molar-refractivity contribution is -0.144. The maximum absolute atomic E-state index is 12.1. The lowest BCUT2D eigenvalue weighted by Crippen LogP contribution is -2.36. The molecule has 0 fully saturated rings. The van der Waals surface area contributed by atoms with Gasteiger partial charge in [-0.15, -0.1) is 0 Å². The standard InChI is InChI=1S/C14H18N2O5S/c1-4-21-14(17)12-9-13(22(3,18)19)15-16(12)10-5-7-11(20-2)8-6-10/h5-8,12H,4,9H2,1-3H3. The van der Waals surface area contributed by atoms with Gasteiger partial charge in [0.1, 0.15) is 5.75 Å². The second-order valence-corrected chi connectivity index (χ2v) is 6.80. The Morgan fingerprint density at radius 3 is 2.50 bits per heavy atom. The van der Waals surface area contributed by atoms with Gasteiger partial charge in [-0.05, 0) is 31.2 Å². The highest BCUT2D eigenvalue weighted by molar-refractivity contribution is 8.05. The van der Waals surface area contributed by atoms with Crippen molar-refractivity contribution in [2.75, 3.05) is 25.0 Å². The average Bonchev–Trinajstić information content (AvgIpc) is 2.93. The van der Waals surface area contributed by atoms with Gasteiger partial charge in [0.25, 0.3) is 0 Å². The van der Waals surface area contributed by atoms with Crippen molar-refractivity contribution in [3.05, 3.63) is 24.3 Å². The minimum Gasteiger partial charge on any atom is -0.497 e. The molecule has 0 spiro atoms. The Morgan fingerprint density at radius 2 is 2.00 bits per heavy atom. The van der Waals surface area contributed by atoms with E-state index in [0.717, 1.165) is 6.26 Å². The van der Waals surface area contributed by atoms with Crippen molar-refractivity contribution >= 4 is 26.5 Å². The van der Waals surface area contributed by atoms with Gasteiger partial charge in [-0.25, -0.2) is 18.2 Å². The fourth-order valence-corrected chi connectivity index (χ4v) is 2.80. The van der Waals surface area contributed by atoms with Crippen LogP contribution in [0.1, 0.15) is 13.3 Å². The normalized spacial score (nSPS) is 18.0. The molecular weight excluding hydrogens is 308 g/mol. The van der Waals surface area contributed by atoms with Gasteiger partial charge in [0, 0.05) is 12.7 Å². The number of carbonyl (C=O) groups is 1. The molecule has 1 aromatic carbocycles. The van der Waals surface area contributed by atoms with E-state index >= 15 is 0 Å². The highest BCUT2D eigenvalue weighted by atomic mass is 32.2. The molecule has 2 rings (SSSR count). The first-order valence-electron chi connectivity index (χ1n) is 6.74. The lowest BCUT2D eigenvalue weighted by atomic mass is 10.2. The number of hydrogen-bond acceptors (Lipinski definition) is 7. The summed E-state index contributed by atoms with van der Waals surface area (Å²) in [5.74, 6) is 0.156. The van der Waals surface area contributed by atoms with Crippen LogP contribution in [0.15, 0.2) is 29.4 Å². The molecule has 1 aliphatic rings. The molecule has 7 nitrogen and oxygen atoms in total. The van der Waals surface area contributed by atoms with Crippen LogP contribution in [0, 0.1) is 0 Å². The molecular formula is C14H18N2O5S. The number of carbonyl (C=O) groups excluding carboxylic acids is 1. The van der Waals surface area contributed by atoms with E-state index in [1.807, 2.05) is 0 Å². The van der Waals surface area contributed by atoms with E-state index in [2.05, 4.69) is 5.10 Å². The number of hydrogen-bond donors (Lipinski definition) is 0. The maximum atomic E-state index is 12.1. The predicted octanol–water partition coefficient (Wildman–Crippen LogP) is 1.20. The molecule has 0 aliphatic carbocycles. The largest absolute Gasteiger partial charge is 0.497 e. The van der Waals surface area contributed by atoms with Gasteiger partial charge in [-0.3, -0.25) is 0 Å². The van der Waals surface area contributed by atoms with Crippen LogP contribution in [-0.2, 0) is 19.4 Å². The van der Waals surface area contributed by atoms with E-state index in [1.165, 1.54) is 5.01 Å². The fraction of sp³-hybridized carbons (Fsp3) is 0.429. The summed E-state index contributed by atoms with van der Waals surface area (Å²) < 4.78 is 33.5. The van der Waals surface area contributed by atoms with Gasteiger partial charge in [-0.1, -0.05) is 0 Å². The van der Waals surface area contributed by atoms with E-state index in [1.54, 1.807) is 38.3 Å². The van der Waals surface area contributed by atoms with E-state index in [-0.39, 0.29) is 18.1 Å². The predicted molar refractivity (Wildman–Crippen MR) is 82.8 cm³/mol. The third-order valence-corrected chi connectivity index (χ3v) is 4.31. The number of ether oxygens (including phenoxy) is 2. The molecule has 0 aromatic heterocycles. The van der Waals surface area contributed by atoms with E-state index < -0.39 is 21.8 Å². The molecule has 0 amide bonds. The SMILES string of the molecule is CCOC(=O)C1CC(S(C)(=O)=O)=NN1c1ccc(OC)cc1. The molecule has 0 radical (unpaired) electrons. The third-order valence-electron chi connectivity index (χ3n) is 3.21. The second-order valence-electron chi connectivity index (χ2n) is 4.78. The number of rotatable bonds is 4. The third kappa shape index (κ3) is 3.38. The molecule has 0 bridgehead atoms. The number of hydrazone groups is 1. The van der Waals surface area contributed by atoms with Crippen molar-refractivity contribution in [1.82, 2.24) is 0 Å². The first-order chi connectivity index (χ1) is 10.4. The topological polar surface area (TPSA) is 85.3 Å². The fourth-order valence-electron chi connectivity index (χ4n) is 2.10. The van der Waals surface area contributed by atoms with Crippen LogP contribution in [0.4, 0.5) is 5.69 Å². The minimum absolute atomic E-state index is 0.00367. The van der Waals surface area contributed by atoms with Crippen molar-refractivity contribution in [1.29, 1.82) is 0 Å². The number of nitrogens with zero attached hydrogens (tertiary/aromatic N) is 2. The Kier molecular flexibility index (Phi) is 4.70. The van der Waals surface area contributed by atoms with E-state index in [0.29, 0.717) is 11.4 Å². The molecule has 0 N–H and O–H groups in total. The second kappa shape index (κ2) is 6.35. The van der Waals surface area contributed by atoms with Gasteiger partial charge < -0.3 is 9.47 Å². The number of methoxy groups -OCH3 is 1. The summed E-state index contributed by atoms with van der Waals surface area (Å²) in [6.07, 6.45) is 1.08. The Labute approximate surface area is 129 Å². The summed E-state index contributed by atoms with van der Waals surface area (Å²) in [6, 6.07) is 6.06. The zero-order chi connectivity index (χ0) is 16.3. The summed E-state index contributed by atoms with van der Waals surface area (Å²) in [5.41, 5.74) is 0.595. The Hall–Kier alpha value is -2.09. The summed E-state index contributed by atoms with van der Waals surface area (Å²) in [6.45, 7) is 1.92. The summed E-state index contributed by atoms with van der Waals surface area (Å²) in [5, 5.41) is 5.45. The van der Waals surface area contributed by atoms with Crippen molar-refractivity contribution in [3.63, 3.8) is 0 Å². The molecule has 1 atom stereocenters. The highest BCUT2D eigenvalue weighted by Crippen LogP contribution is 2.28. The van der Waals surface area contributed by atoms with Crippen molar-refractivity contribution < 1.29 is 22.7 Å². The van der Waals surface area contributed by atoms with Crippen LogP contribution in [0.5, 0.6) is 5.75 Å². The zero-order valence-corrected chi connectivity index (χ0v) is 13.5. The summed E-state index contributed by atoms with van der Waals surface area (Å²) in [4.78, 5) is 12.1. The Bertz CT molecular complexity index is 682. The van der Waals surface area contributed by atoms with Crippen LogP contribution < -0.4 is 9.75 Å². The van der Waals surface area contributed by atoms with Crippen molar-refractivity contribution in [2.24, 2.45) is 5.10 Å². The number of benzene rings is 1. The van der Waals surface area contributed by atoms with E-state index in [9.17, 15) is 13.2 Å². The maximum Gasteiger partial charge on any atom is 0.331 e. The monoisotopic (exact) mass is 326 g/mol. The summed E-state index contributed by atoms with van der Waals surface area (Å²) >= 11 is 0. The zero-order valence-electron chi connectivity index (χ0n) is 12.6. The van der Waals surface area contributed by atoms with Gasteiger partial charge in [0.15, 0.2) is 20.9 Å². The van der Waals surface area contributed by atoms with E-state index in [4.69, 9.17) is 9.47 Å². The van der Waals surface area contributed by atoms with Crippen LogP contribution >= 0.6 is 0 Å². The van der Waals surface area contributed by atoms with Crippen molar-refractivity contribution in [3.8, 4) is 5.75 Å². The minimum atomic E-state index is -3.46. The van der Waals surface area contributed by atoms with Crippen molar-refractivity contribution in [2.45, 2.75) is 19.4 Å². The molecule has 0 saturated heterocycles. The smallest absolute Gasteiger partial charge is 0.331 e. The summed E-state index contributed by atoms with van der Waals surface area (Å²) in [7, 11) is -1.91. The van der Waals surface area contributed by atoms with Crippen LogP contribution in [0.2, 0.25) is 0 Å². The van der Waals surface area contributed by atoms with Gasteiger partial charge in [0.05, 0.1) is 19.4 Å². The molecule has 1 aliphatic heterocycles.